The second kappa shape index (κ2) is 4.75. The van der Waals surface area contributed by atoms with Gasteiger partial charge in [-0.2, -0.15) is 0 Å². The van der Waals surface area contributed by atoms with E-state index in [0.717, 1.165) is 19.5 Å². The second-order valence-corrected chi connectivity index (χ2v) is 5.29. The predicted molar refractivity (Wildman–Crippen MR) is 70.6 cm³/mol. The standard InChI is InChI=1S/C12H14Cl2N2O/c1-7-2-3-16(6-7)12(17)8-4-9(13)11(14)10(15)5-8/h4-5,7H,2-3,6,15H2,1H3. The molecule has 1 heterocycles. The molecule has 0 spiro atoms. The van der Waals surface area contributed by atoms with Crippen LogP contribution in [-0.2, 0) is 0 Å². The Balaban J connectivity index is 2.25. The number of rotatable bonds is 1. The van der Waals surface area contributed by atoms with E-state index in [1.807, 2.05) is 4.90 Å². The largest absolute Gasteiger partial charge is 0.397 e. The minimum absolute atomic E-state index is 0.0281. The van der Waals surface area contributed by atoms with Crippen molar-refractivity contribution in [2.45, 2.75) is 13.3 Å². The zero-order chi connectivity index (χ0) is 12.6. The Labute approximate surface area is 110 Å². The van der Waals surface area contributed by atoms with Gasteiger partial charge in [0.2, 0.25) is 0 Å². The summed E-state index contributed by atoms with van der Waals surface area (Å²) in [7, 11) is 0. The number of benzene rings is 1. The number of likely N-dealkylation sites (tertiary alicyclic amines) is 1. The highest BCUT2D eigenvalue weighted by atomic mass is 35.5. The molecule has 3 nitrogen and oxygen atoms in total. The Kier molecular flexibility index (Phi) is 3.50. The van der Waals surface area contributed by atoms with Crippen molar-refractivity contribution in [1.29, 1.82) is 0 Å². The highest BCUT2D eigenvalue weighted by Gasteiger charge is 2.24. The van der Waals surface area contributed by atoms with Gasteiger partial charge in [-0.25, -0.2) is 0 Å². The molecule has 1 aromatic rings. The Morgan fingerprint density at radius 1 is 1.47 bits per heavy atom. The summed E-state index contributed by atoms with van der Waals surface area (Å²) >= 11 is 11.8. The van der Waals surface area contributed by atoms with Gasteiger partial charge in [-0.1, -0.05) is 30.1 Å². The molecule has 5 heteroatoms. The van der Waals surface area contributed by atoms with Gasteiger partial charge in [0.05, 0.1) is 15.7 Å². The summed E-state index contributed by atoms with van der Waals surface area (Å²) in [6.45, 7) is 3.72. The molecule has 0 bridgehead atoms. The van der Waals surface area contributed by atoms with E-state index in [1.165, 1.54) is 0 Å². The Morgan fingerprint density at radius 2 is 2.18 bits per heavy atom. The first kappa shape index (κ1) is 12.5. The maximum atomic E-state index is 12.2. The molecule has 17 heavy (non-hydrogen) atoms. The molecule has 0 aliphatic carbocycles. The van der Waals surface area contributed by atoms with Crippen molar-refractivity contribution in [2.24, 2.45) is 5.92 Å². The molecule has 1 atom stereocenters. The molecule has 0 aromatic heterocycles. The summed E-state index contributed by atoms with van der Waals surface area (Å²) < 4.78 is 0. The Bertz CT molecular complexity index is 439. The number of nitrogens with two attached hydrogens (primary N) is 1. The number of amides is 1. The predicted octanol–water partition coefficient (Wildman–Crippen LogP) is 3.06. The molecule has 1 saturated heterocycles. The van der Waals surface area contributed by atoms with E-state index in [9.17, 15) is 4.79 Å². The third kappa shape index (κ3) is 2.50. The fourth-order valence-corrected chi connectivity index (χ4v) is 2.37. The van der Waals surface area contributed by atoms with Gasteiger partial charge in [0.25, 0.3) is 5.91 Å². The molecule has 2 N–H and O–H groups in total. The number of carbonyl (C=O) groups is 1. The molecule has 92 valence electrons. The zero-order valence-corrected chi connectivity index (χ0v) is 11.1. The maximum absolute atomic E-state index is 12.2. The van der Waals surface area contributed by atoms with Crippen LogP contribution in [0.25, 0.3) is 0 Å². The van der Waals surface area contributed by atoms with Crippen molar-refractivity contribution in [2.75, 3.05) is 18.8 Å². The second-order valence-electron chi connectivity index (χ2n) is 4.51. The van der Waals surface area contributed by atoms with Crippen LogP contribution in [0, 0.1) is 5.92 Å². The van der Waals surface area contributed by atoms with Crippen molar-refractivity contribution < 1.29 is 4.79 Å². The molecule has 1 amide bonds. The van der Waals surface area contributed by atoms with Gasteiger partial charge < -0.3 is 10.6 Å². The van der Waals surface area contributed by atoms with E-state index < -0.39 is 0 Å². The average Bonchev–Trinajstić information content (AvgIpc) is 2.71. The van der Waals surface area contributed by atoms with Crippen molar-refractivity contribution >= 4 is 34.8 Å². The number of halogens is 2. The molecule has 1 aromatic carbocycles. The van der Waals surface area contributed by atoms with Crippen LogP contribution < -0.4 is 5.73 Å². The van der Waals surface area contributed by atoms with Gasteiger partial charge >= 0.3 is 0 Å². The SMILES string of the molecule is CC1CCN(C(=O)c2cc(N)c(Cl)c(Cl)c2)C1. The van der Waals surface area contributed by atoms with Crippen molar-refractivity contribution in [1.82, 2.24) is 4.90 Å². The van der Waals surface area contributed by atoms with E-state index in [2.05, 4.69) is 6.92 Å². The van der Waals surface area contributed by atoms with Crippen LogP contribution in [0.15, 0.2) is 12.1 Å². The third-order valence-electron chi connectivity index (χ3n) is 3.01. The highest BCUT2D eigenvalue weighted by Crippen LogP contribution is 2.30. The molecule has 0 radical (unpaired) electrons. The van der Waals surface area contributed by atoms with Crippen LogP contribution in [-0.4, -0.2) is 23.9 Å². The normalized spacial score (nSPS) is 19.7. The van der Waals surface area contributed by atoms with E-state index in [-0.39, 0.29) is 5.91 Å². The van der Waals surface area contributed by atoms with Gasteiger partial charge in [-0.3, -0.25) is 4.79 Å². The fourth-order valence-electron chi connectivity index (χ4n) is 2.04. The molecule has 0 saturated carbocycles. The van der Waals surface area contributed by atoms with Crippen LogP contribution >= 0.6 is 23.2 Å². The van der Waals surface area contributed by atoms with E-state index >= 15 is 0 Å². The quantitative estimate of drug-likeness (QED) is 0.799. The number of anilines is 1. The van der Waals surface area contributed by atoms with E-state index in [1.54, 1.807) is 12.1 Å². The molecule has 2 rings (SSSR count). The van der Waals surface area contributed by atoms with Crippen LogP contribution in [0.5, 0.6) is 0 Å². The number of hydrogen-bond acceptors (Lipinski definition) is 2. The van der Waals surface area contributed by atoms with Crippen molar-refractivity contribution in [3.63, 3.8) is 0 Å². The van der Waals surface area contributed by atoms with Gasteiger partial charge in [0.15, 0.2) is 0 Å². The smallest absolute Gasteiger partial charge is 0.253 e. The van der Waals surface area contributed by atoms with Gasteiger partial charge in [-0.15, -0.1) is 0 Å². The monoisotopic (exact) mass is 272 g/mol. The van der Waals surface area contributed by atoms with Crippen LogP contribution in [0.2, 0.25) is 10.0 Å². The summed E-state index contributed by atoms with van der Waals surface area (Å²) in [6, 6.07) is 3.16. The number of nitrogen functional groups attached to an aromatic ring is 1. The van der Waals surface area contributed by atoms with Crippen molar-refractivity contribution in [3.8, 4) is 0 Å². The summed E-state index contributed by atoms with van der Waals surface area (Å²) in [5, 5.41) is 0.625. The summed E-state index contributed by atoms with van der Waals surface area (Å²) in [5.41, 5.74) is 6.55. The molecule has 1 aliphatic rings. The summed E-state index contributed by atoms with van der Waals surface area (Å²) in [4.78, 5) is 14.0. The van der Waals surface area contributed by atoms with Crippen LogP contribution in [0.4, 0.5) is 5.69 Å². The minimum atomic E-state index is -0.0281. The lowest BCUT2D eigenvalue weighted by Gasteiger charge is -2.16. The first-order valence-electron chi connectivity index (χ1n) is 5.53. The van der Waals surface area contributed by atoms with Crippen LogP contribution in [0.3, 0.4) is 0 Å². The summed E-state index contributed by atoms with van der Waals surface area (Å²) in [5.74, 6) is 0.527. The number of hydrogen-bond donors (Lipinski definition) is 1. The molecular weight excluding hydrogens is 259 g/mol. The van der Waals surface area contributed by atoms with Gasteiger partial charge in [0, 0.05) is 18.7 Å². The van der Waals surface area contributed by atoms with E-state index in [0.29, 0.717) is 27.2 Å². The lowest BCUT2D eigenvalue weighted by atomic mass is 10.1. The third-order valence-corrected chi connectivity index (χ3v) is 3.83. The fraction of sp³-hybridized carbons (Fsp3) is 0.417. The lowest BCUT2D eigenvalue weighted by molar-refractivity contribution is 0.0788. The van der Waals surface area contributed by atoms with Crippen LogP contribution in [0.1, 0.15) is 23.7 Å². The minimum Gasteiger partial charge on any atom is -0.397 e. The van der Waals surface area contributed by atoms with Crippen molar-refractivity contribution in [3.05, 3.63) is 27.7 Å². The maximum Gasteiger partial charge on any atom is 0.253 e. The first-order chi connectivity index (χ1) is 7.99. The Hall–Kier alpha value is -0.930. The first-order valence-corrected chi connectivity index (χ1v) is 6.28. The van der Waals surface area contributed by atoms with E-state index in [4.69, 9.17) is 28.9 Å². The zero-order valence-electron chi connectivity index (χ0n) is 9.54. The highest BCUT2D eigenvalue weighted by molar-refractivity contribution is 6.43. The lowest BCUT2D eigenvalue weighted by Crippen LogP contribution is -2.28. The summed E-state index contributed by atoms with van der Waals surface area (Å²) in [6.07, 6.45) is 1.04. The van der Waals surface area contributed by atoms with Gasteiger partial charge in [0.1, 0.15) is 0 Å². The molecule has 1 unspecified atom stereocenters. The number of carbonyl (C=O) groups excluding carboxylic acids is 1. The number of nitrogens with zero attached hydrogens (tertiary/aromatic N) is 1. The molecule has 1 aliphatic heterocycles. The molecular formula is C12H14Cl2N2O. The average molecular weight is 273 g/mol. The molecule has 1 fully saturated rings. The topological polar surface area (TPSA) is 46.3 Å². The Morgan fingerprint density at radius 3 is 2.71 bits per heavy atom. The van der Waals surface area contributed by atoms with Gasteiger partial charge in [-0.05, 0) is 24.5 Å².